The van der Waals surface area contributed by atoms with Crippen LogP contribution in [0.5, 0.6) is 0 Å². The van der Waals surface area contributed by atoms with Crippen molar-refractivity contribution in [1.82, 2.24) is 20.3 Å². The second-order valence-corrected chi connectivity index (χ2v) is 5.15. The Morgan fingerprint density at radius 2 is 2.31 bits per heavy atom. The molecule has 3 heterocycles. The first-order chi connectivity index (χ1) is 7.84. The van der Waals surface area contributed by atoms with Crippen LogP contribution in [0.4, 0.5) is 0 Å². The number of hydrogen-bond acceptors (Lipinski definition) is 5. The second kappa shape index (κ2) is 3.75. The van der Waals surface area contributed by atoms with Crippen molar-refractivity contribution in [1.29, 1.82) is 0 Å². The van der Waals surface area contributed by atoms with Crippen molar-refractivity contribution in [3.8, 4) is 0 Å². The quantitative estimate of drug-likeness (QED) is 0.864. The predicted octanol–water partition coefficient (Wildman–Crippen LogP) is 2.08. The third-order valence-corrected chi connectivity index (χ3v) is 4.46. The predicted molar refractivity (Wildman–Crippen MR) is 64.4 cm³/mol. The molecule has 0 aliphatic carbocycles. The third kappa shape index (κ3) is 1.43. The van der Waals surface area contributed by atoms with Crippen molar-refractivity contribution < 1.29 is 0 Å². The highest BCUT2D eigenvalue weighted by Crippen LogP contribution is 2.37. The first kappa shape index (κ1) is 10.1. The molecule has 1 aliphatic rings. The van der Waals surface area contributed by atoms with E-state index in [1.54, 1.807) is 23.7 Å². The van der Waals surface area contributed by atoms with Gasteiger partial charge in [-0.15, -0.1) is 0 Å². The van der Waals surface area contributed by atoms with Gasteiger partial charge in [0.15, 0.2) is 10.5 Å². The lowest BCUT2D eigenvalue weighted by Crippen LogP contribution is -2.35. The van der Waals surface area contributed by atoms with E-state index in [0.717, 1.165) is 28.5 Å². The van der Waals surface area contributed by atoms with E-state index in [4.69, 9.17) is 0 Å². The number of aromatic nitrogens is 3. The fourth-order valence-electron chi connectivity index (χ4n) is 2.32. The van der Waals surface area contributed by atoms with Gasteiger partial charge in [0.05, 0.1) is 5.54 Å². The van der Waals surface area contributed by atoms with Crippen LogP contribution >= 0.6 is 11.3 Å². The Kier molecular flexibility index (Phi) is 2.37. The molecule has 0 saturated carbocycles. The van der Waals surface area contributed by atoms with Crippen molar-refractivity contribution in [3.05, 3.63) is 17.4 Å². The van der Waals surface area contributed by atoms with Crippen molar-refractivity contribution in [2.75, 3.05) is 6.54 Å². The van der Waals surface area contributed by atoms with E-state index in [2.05, 4.69) is 27.2 Å². The summed E-state index contributed by atoms with van der Waals surface area (Å²) in [5, 5.41) is 4.74. The van der Waals surface area contributed by atoms with Crippen LogP contribution in [0, 0.1) is 0 Å². The zero-order valence-electron chi connectivity index (χ0n) is 9.23. The molecule has 84 valence electrons. The molecule has 2 aromatic heterocycles. The van der Waals surface area contributed by atoms with Crippen LogP contribution in [-0.2, 0) is 5.54 Å². The number of rotatable bonds is 2. The first-order valence-corrected chi connectivity index (χ1v) is 6.49. The van der Waals surface area contributed by atoms with Gasteiger partial charge in [-0.1, -0.05) is 18.3 Å². The molecule has 16 heavy (non-hydrogen) atoms. The SMILES string of the molecule is CCC1(c2nc3nccnc3s2)CCCN1. The first-order valence-electron chi connectivity index (χ1n) is 5.67. The summed E-state index contributed by atoms with van der Waals surface area (Å²) in [6.45, 7) is 3.30. The van der Waals surface area contributed by atoms with Crippen LogP contribution in [0.25, 0.3) is 10.5 Å². The van der Waals surface area contributed by atoms with E-state index in [-0.39, 0.29) is 5.54 Å². The molecule has 2 aromatic rings. The lowest BCUT2D eigenvalue weighted by atomic mass is 9.95. The minimum absolute atomic E-state index is 0.0764. The zero-order chi connectivity index (χ0) is 11.0. The van der Waals surface area contributed by atoms with Gasteiger partial charge in [-0.2, -0.15) is 0 Å². The smallest absolute Gasteiger partial charge is 0.189 e. The molecule has 1 N–H and O–H groups in total. The lowest BCUT2D eigenvalue weighted by molar-refractivity contribution is 0.375. The molecule has 1 aliphatic heterocycles. The van der Waals surface area contributed by atoms with Gasteiger partial charge in [0, 0.05) is 12.4 Å². The van der Waals surface area contributed by atoms with Gasteiger partial charge in [-0.3, -0.25) is 0 Å². The molecule has 1 saturated heterocycles. The van der Waals surface area contributed by atoms with Crippen LogP contribution in [-0.4, -0.2) is 21.5 Å². The van der Waals surface area contributed by atoms with Gasteiger partial charge in [0.2, 0.25) is 0 Å². The van der Waals surface area contributed by atoms with E-state index in [1.165, 1.54) is 12.8 Å². The summed E-state index contributed by atoms with van der Waals surface area (Å²) < 4.78 is 0. The molecule has 5 heteroatoms. The minimum Gasteiger partial charge on any atom is -0.305 e. The highest BCUT2D eigenvalue weighted by Gasteiger charge is 2.36. The molecule has 0 spiro atoms. The Balaban J connectivity index is 2.10. The topological polar surface area (TPSA) is 50.7 Å². The van der Waals surface area contributed by atoms with Gasteiger partial charge in [-0.25, -0.2) is 15.0 Å². The maximum absolute atomic E-state index is 4.62. The number of fused-ring (bicyclic) bond motifs is 1. The Morgan fingerprint density at radius 1 is 1.44 bits per heavy atom. The second-order valence-electron chi connectivity index (χ2n) is 4.17. The Labute approximate surface area is 98.1 Å². The van der Waals surface area contributed by atoms with Crippen LogP contribution in [0.2, 0.25) is 0 Å². The molecule has 0 bridgehead atoms. The monoisotopic (exact) mass is 234 g/mol. The van der Waals surface area contributed by atoms with E-state index in [9.17, 15) is 0 Å². The molecular weight excluding hydrogens is 220 g/mol. The number of hydrogen-bond donors (Lipinski definition) is 1. The summed E-state index contributed by atoms with van der Waals surface area (Å²) in [7, 11) is 0. The minimum atomic E-state index is 0.0764. The Morgan fingerprint density at radius 3 is 3.00 bits per heavy atom. The van der Waals surface area contributed by atoms with Gasteiger partial charge >= 0.3 is 0 Å². The maximum Gasteiger partial charge on any atom is 0.189 e. The zero-order valence-corrected chi connectivity index (χ0v) is 10.0. The van der Waals surface area contributed by atoms with Gasteiger partial charge in [0.1, 0.15) is 5.01 Å². The molecule has 0 aromatic carbocycles. The lowest BCUT2D eigenvalue weighted by Gasteiger charge is -2.24. The summed E-state index contributed by atoms with van der Waals surface area (Å²) in [6, 6.07) is 0. The van der Waals surface area contributed by atoms with Crippen LogP contribution < -0.4 is 5.32 Å². The van der Waals surface area contributed by atoms with E-state index in [0.29, 0.717) is 0 Å². The number of thiazole rings is 1. The average molecular weight is 234 g/mol. The fourth-order valence-corrected chi connectivity index (χ4v) is 3.46. The normalized spacial score (nSPS) is 25.3. The van der Waals surface area contributed by atoms with Crippen LogP contribution in [0.3, 0.4) is 0 Å². The van der Waals surface area contributed by atoms with Crippen molar-refractivity contribution in [3.63, 3.8) is 0 Å². The molecule has 1 atom stereocenters. The summed E-state index contributed by atoms with van der Waals surface area (Å²) in [5.74, 6) is 0. The molecule has 1 fully saturated rings. The summed E-state index contributed by atoms with van der Waals surface area (Å²) in [5.41, 5.74) is 0.858. The highest BCUT2D eigenvalue weighted by atomic mass is 32.1. The molecule has 3 rings (SSSR count). The van der Waals surface area contributed by atoms with Crippen molar-refractivity contribution >= 4 is 21.8 Å². The molecule has 0 radical (unpaired) electrons. The van der Waals surface area contributed by atoms with Gasteiger partial charge in [0.25, 0.3) is 0 Å². The van der Waals surface area contributed by atoms with E-state index >= 15 is 0 Å². The van der Waals surface area contributed by atoms with Gasteiger partial charge < -0.3 is 5.32 Å². The van der Waals surface area contributed by atoms with Crippen LogP contribution in [0.15, 0.2) is 12.4 Å². The van der Waals surface area contributed by atoms with Gasteiger partial charge in [-0.05, 0) is 25.8 Å². The molecular formula is C11H14N4S. The van der Waals surface area contributed by atoms with E-state index < -0.39 is 0 Å². The third-order valence-electron chi connectivity index (χ3n) is 3.30. The Hall–Kier alpha value is -1.07. The van der Waals surface area contributed by atoms with Crippen LogP contribution in [0.1, 0.15) is 31.2 Å². The molecule has 0 amide bonds. The van der Waals surface area contributed by atoms with Crippen molar-refractivity contribution in [2.24, 2.45) is 0 Å². The summed E-state index contributed by atoms with van der Waals surface area (Å²) in [6.07, 6.45) is 6.90. The summed E-state index contributed by atoms with van der Waals surface area (Å²) in [4.78, 5) is 14.1. The summed E-state index contributed by atoms with van der Waals surface area (Å²) >= 11 is 1.67. The number of nitrogens with one attached hydrogen (secondary N) is 1. The highest BCUT2D eigenvalue weighted by molar-refractivity contribution is 7.18. The van der Waals surface area contributed by atoms with E-state index in [1.807, 2.05) is 0 Å². The molecule has 1 unspecified atom stereocenters. The molecule has 4 nitrogen and oxygen atoms in total. The standard InChI is InChI=1S/C11H14N4S/c1-2-11(4-3-5-14-11)10-15-8-9(16-10)13-7-6-12-8/h6-7,14H,2-5H2,1H3. The average Bonchev–Trinajstić information content (AvgIpc) is 2.96. The van der Waals surface area contributed by atoms with Crippen molar-refractivity contribution in [2.45, 2.75) is 31.7 Å². The maximum atomic E-state index is 4.62. The largest absolute Gasteiger partial charge is 0.305 e. The number of nitrogens with zero attached hydrogens (tertiary/aromatic N) is 3. The Bertz CT molecular complexity index is 468. The fraction of sp³-hybridized carbons (Fsp3) is 0.545.